The molecule has 0 saturated heterocycles. The molecule has 1 amide bonds. The topological polar surface area (TPSA) is 51.2 Å². The van der Waals surface area contributed by atoms with Crippen molar-refractivity contribution in [2.45, 2.75) is 12.7 Å². The van der Waals surface area contributed by atoms with Crippen LogP contribution in [0.2, 0.25) is 0 Å². The minimum atomic E-state index is -4.55. The Balaban J connectivity index is 2.68. The van der Waals surface area contributed by atoms with Crippen LogP contribution in [0.1, 0.15) is 11.3 Å². The maximum atomic E-state index is 12.6. The van der Waals surface area contributed by atoms with Gasteiger partial charge in [0, 0.05) is 18.3 Å². The average Bonchev–Trinajstić information content (AvgIpc) is 2.33. The lowest BCUT2D eigenvalue weighted by Crippen LogP contribution is -2.25. The van der Waals surface area contributed by atoms with Crippen molar-refractivity contribution < 1.29 is 22.7 Å². The van der Waals surface area contributed by atoms with Crippen LogP contribution >= 0.6 is 0 Å². The van der Waals surface area contributed by atoms with Crippen LogP contribution in [-0.4, -0.2) is 17.7 Å². The monoisotopic (exact) mass is 260 g/mol. The van der Waals surface area contributed by atoms with E-state index in [1.165, 1.54) is 18.2 Å². The van der Waals surface area contributed by atoms with Gasteiger partial charge in [-0.2, -0.15) is 13.2 Å². The third-order valence-corrected chi connectivity index (χ3v) is 1.92. The Morgan fingerprint density at radius 3 is 2.89 bits per heavy atom. The second-order valence-electron chi connectivity index (χ2n) is 3.25. The molecule has 1 aromatic rings. The fourth-order valence-electron chi connectivity index (χ4n) is 1.19. The highest BCUT2D eigenvalue weighted by atomic mass is 19.4. The van der Waals surface area contributed by atoms with Crippen molar-refractivity contribution in [3.63, 3.8) is 0 Å². The molecule has 0 aliphatic heterocycles. The van der Waals surface area contributed by atoms with E-state index >= 15 is 0 Å². The lowest BCUT2D eigenvalue weighted by atomic mass is 10.2. The van der Waals surface area contributed by atoms with E-state index in [9.17, 15) is 18.0 Å². The minimum absolute atomic E-state index is 0.00893. The molecule has 0 bridgehead atoms. The normalized spacial score (nSPS) is 10.8. The Bertz CT molecular complexity index is 433. The predicted molar refractivity (Wildman–Crippen MR) is 57.6 cm³/mol. The zero-order valence-corrected chi connectivity index (χ0v) is 9.33. The van der Waals surface area contributed by atoms with Gasteiger partial charge in [-0.15, -0.1) is 0 Å². The molecule has 0 fully saturated rings. The van der Waals surface area contributed by atoms with Crippen LogP contribution in [0.5, 0.6) is 0 Å². The summed E-state index contributed by atoms with van der Waals surface area (Å²) in [6.45, 7) is 3.02. The summed E-state index contributed by atoms with van der Waals surface area (Å²) in [6.07, 6.45) is -2.97. The number of alkyl carbamates (subject to hydrolysis) is 1. The number of nitrogens with one attached hydrogen (secondary N) is 1. The molecule has 0 saturated carbocycles. The van der Waals surface area contributed by atoms with Crippen molar-refractivity contribution in [2.75, 3.05) is 6.61 Å². The molecule has 1 aromatic heterocycles. The van der Waals surface area contributed by atoms with E-state index in [-0.39, 0.29) is 18.7 Å². The molecule has 4 nitrogen and oxygen atoms in total. The second-order valence-corrected chi connectivity index (χ2v) is 3.25. The van der Waals surface area contributed by atoms with E-state index in [1.54, 1.807) is 0 Å². The minimum Gasteiger partial charge on any atom is -0.445 e. The Morgan fingerprint density at radius 1 is 1.56 bits per heavy atom. The summed E-state index contributed by atoms with van der Waals surface area (Å²) < 4.78 is 42.2. The number of alkyl halides is 3. The quantitative estimate of drug-likeness (QED) is 0.846. The molecule has 1 rings (SSSR count). The van der Waals surface area contributed by atoms with Crippen LogP contribution in [-0.2, 0) is 17.5 Å². The average molecular weight is 260 g/mol. The van der Waals surface area contributed by atoms with Gasteiger partial charge in [0.25, 0.3) is 0 Å². The van der Waals surface area contributed by atoms with Crippen molar-refractivity contribution in [3.8, 4) is 0 Å². The first-order valence-corrected chi connectivity index (χ1v) is 4.97. The number of carbonyl (C=O) groups excluding carboxylic acids is 1. The summed E-state index contributed by atoms with van der Waals surface area (Å²) in [7, 11) is 0. The van der Waals surface area contributed by atoms with Gasteiger partial charge in [-0.05, 0) is 6.07 Å². The number of ether oxygens (including phenoxy) is 1. The van der Waals surface area contributed by atoms with Crippen molar-refractivity contribution in [2.24, 2.45) is 0 Å². The molecule has 0 aliphatic carbocycles. The smallest absolute Gasteiger partial charge is 0.433 e. The molecule has 0 unspecified atom stereocenters. The zero-order chi connectivity index (χ0) is 13.6. The zero-order valence-electron chi connectivity index (χ0n) is 9.33. The third kappa shape index (κ3) is 4.08. The van der Waals surface area contributed by atoms with Gasteiger partial charge in [-0.3, -0.25) is 4.98 Å². The van der Waals surface area contributed by atoms with Crippen LogP contribution in [0.4, 0.5) is 18.0 Å². The van der Waals surface area contributed by atoms with Gasteiger partial charge in [-0.1, -0.05) is 18.7 Å². The molecular formula is C11H11F3N2O2. The van der Waals surface area contributed by atoms with Crippen LogP contribution < -0.4 is 5.32 Å². The number of hydrogen-bond acceptors (Lipinski definition) is 3. The standard InChI is InChI=1S/C11H11F3N2O2/c1-2-6-18-10(17)16-7-8-4-3-5-15-9(8)11(12,13)14/h2-5H,1,6-7H2,(H,16,17). The number of pyridine rings is 1. The Morgan fingerprint density at radius 2 is 2.28 bits per heavy atom. The van der Waals surface area contributed by atoms with Gasteiger partial charge < -0.3 is 10.1 Å². The Hall–Kier alpha value is -2.05. The summed E-state index contributed by atoms with van der Waals surface area (Å²) in [5, 5.41) is 2.20. The number of aromatic nitrogens is 1. The molecule has 0 atom stereocenters. The molecule has 0 aliphatic rings. The molecule has 1 N–H and O–H groups in total. The van der Waals surface area contributed by atoms with Gasteiger partial charge in [0.2, 0.25) is 0 Å². The highest BCUT2D eigenvalue weighted by Crippen LogP contribution is 2.29. The van der Waals surface area contributed by atoms with E-state index in [0.717, 1.165) is 6.20 Å². The van der Waals surface area contributed by atoms with Crippen molar-refractivity contribution in [1.29, 1.82) is 0 Å². The van der Waals surface area contributed by atoms with Crippen LogP contribution in [0.25, 0.3) is 0 Å². The van der Waals surface area contributed by atoms with Gasteiger partial charge in [0.05, 0.1) is 0 Å². The first-order valence-electron chi connectivity index (χ1n) is 4.97. The number of carbonyl (C=O) groups is 1. The van der Waals surface area contributed by atoms with Crippen LogP contribution in [0.15, 0.2) is 31.0 Å². The first kappa shape index (κ1) is 14.0. The summed E-state index contributed by atoms with van der Waals surface area (Å²) in [5.74, 6) is 0. The summed E-state index contributed by atoms with van der Waals surface area (Å²) in [5.41, 5.74) is -1.14. The lowest BCUT2D eigenvalue weighted by molar-refractivity contribution is -0.141. The summed E-state index contributed by atoms with van der Waals surface area (Å²) in [6, 6.07) is 2.60. The van der Waals surface area contributed by atoms with Crippen LogP contribution in [0.3, 0.4) is 0 Å². The van der Waals surface area contributed by atoms with E-state index in [4.69, 9.17) is 0 Å². The molecule has 0 aromatic carbocycles. The molecule has 18 heavy (non-hydrogen) atoms. The summed E-state index contributed by atoms with van der Waals surface area (Å²) >= 11 is 0. The SMILES string of the molecule is C=CCOC(=O)NCc1cccnc1C(F)(F)F. The third-order valence-electron chi connectivity index (χ3n) is 1.92. The Labute approximate surface area is 101 Å². The highest BCUT2D eigenvalue weighted by molar-refractivity contribution is 5.67. The fourth-order valence-corrected chi connectivity index (χ4v) is 1.19. The van der Waals surface area contributed by atoms with Gasteiger partial charge in [-0.25, -0.2) is 4.79 Å². The maximum absolute atomic E-state index is 12.6. The van der Waals surface area contributed by atoms with Gasteiger partial charge >= 0.3 is 12.3 Å². The van der Waals surface area contributed by atoms with Crippen molar-refractivity contribution >= 4 is 6.09 Å². The largest absolute Gasteiger partial charge is 0.445 e. The number of amides is 1. The predicted octanol–water partition coefficient (Wildman–Crippen LogP) is 2.51. The molecule has 1 heterocycles. The van der Waals surface area contributed by atoms with Crippen molar-refractivity contribution in [1.82, 2.24) is 10.3 Å². The maximum Gasteiger partial charge on any atom is 0.433 e. The van der Waals surface area contributed by atoms with E-state index in [1.807, 2.05) is 0 Å². The molecule has 0 radical (unpaired) electrons. The number of nitrogens with zero attached hydrogens (tertiary/aromatic N) is 1. The van der Waals surface area contributed by atoms with Gasteiger partial charge in [0.15, 0.2) is 0 Å². The Kier molecular flexibility index (Phi) is 4.70. The fraction of sp³-hybridized carbons (Fsp3) is 0.273. The lowest BCUT2D eigenvalue weighted by Gasteiger charge is -2.11. The van der Waals surface area contributed by atoms with Crippen LogP contribution in [0, 0.1) is 0 Å². The number of halogens is 3. The van der Waals surface area contributed by atoms with E-state index in [2.05, 4.69) is 21.6 Å². The number of rotatable bonds is 4. The van der Waals surface area contributed by atoms with Crippen molar-refractivity contribution in [3.05, 3.63) is 42.2 Å². The molecular weight excluding hydrogens is 249 g/mol. The second kappa shape index (κ2) is 6.04. The number of hydrogen-bond donors (Lipinski definition) is 1. The highest BCUT2D eigenvalue weighted by Gasteiger charge is 2.34. The van der Waals surface area contributed by atoms with E-state index in [0.29, 0.717) is 0 Å². The molecule has 98 valence electrons. The van der Waals surface area contributed by atoms with Gasteiger partial charge in [0.1, 0.15) is 12.3 Å². The van der Waals surface area contributed by atoms with E-state index < -0.39 is 18.0 Å². The molecule has 7 heteroatoms. The first-order chi connectivity index (χ1) is 8.45. The molecule has 0 spiro atoms. The summed E-state index contributed by atoms with van der Waals surface area (Å²) in [4.78, 5) is 14.3.